The zero-order valence-corrected chi connectivity index (χ0v) is 10.5. The van der Waals surface area contributed by atoms with E-state index in [1.807, 2.05) is 0 Å². The van der Waals surface area contributed by atoms with Crippen LogP contribution in [0.3, 0.4) is 0 Å². The lowest BCUT2D eigenvalue weighted by Gasteiger charge is -2.01. The standard InChI is InChI=1S/C16H10FN3/c17-16-4-2-1-3-15(16)13-10-19-20(11-13)14-7-5-12(9-18)6-8-14/h1-8,10-11H. The molecule has 2 aromatic carbocycles. The number of hydrogen-bond acceptors (Lipinski definition) is 2. The molecular weight excluding hydrogens is 253 g/mol. The third-order valence-corrected chi connectivity index (χ3v) is 3.03. The molecule has 0 saturated heterocycles. The predicted octanol–water partition coefficient (Wildman–Crippen LogP) is 3.55. The van der Waals surface area contributed by atoms with Gasteiger partial charge in [0.05, 0.1) is 23.5 Å². The highest BCUT2D eigenvalue weighted by Crippen LogP contribution is 2.22. The Bertz CT molecular complexity index is 782. The van der Waals surface area contributed by atoms with Gasteiger partial charge in [-0.25, -0.2) is 9.07 Å². The lowest BCUT2D eigenvalue weighted by atomic mass is 10.1. The number of nitriles is 1. The maximum Gasteiger partial charge on any atom is 0.131 e. The number of aromatic nitrogens is 2. The number of benzene rings is 2. The summed E-state index contributed by atoms with van der Waals surface area (Å²) in [5, 5.41) is 13.0. The lowest BCUT2D eigenvalue weighted by molar-refractivity contribution is 0.631. The van der Waals surface area contributed by atoms with Crippen molar-refractivity contribution in [3.8, 4) is 22.9 Å². The first-order chi connectivity index (χ1) is 9.78. The van der Waals surface area contributed by atoms with Crippen LogP contribution in [-0.4, -0.2) is 9.78 Å². The number of rotatable bonds is 2. The van der Waals surface area contributed by atoms with E-state index in [9.17, 15) is 4.39 Å². The normalized spacial score (nSPS) is 10.2. The maximum absolute atomic E-state index is 13.7. The molecular formula is C16H10FN3. The van der Waals surface area contributed by atoms with Crippen molar-refractivity contribution in [2.24, 2.45) is 0 Å². The van der Waals surface area contributed by atoms with Gasteiger partial charge in [0.15, 0.2) is 0 Å². The third kappa shape index (κ3) is 2.17. The Morgan fingerprint density at radius 2 is 1.80 bits per heavy atom. The molecule has 3 nitrogen and oxygen atoms in total. The minimum atomic E-state index is -0.271. The number of hydrogen-bond donors (Lipinski definition) is 0. The van der Waals surface area contributed by atoms with Crippen LogP contribution in [0, 0.1) is 17.1 Å². The highest BCUT2D eigenvalue weighted by atomic mass is 19.1. The van der Waals surface area contributed by atoms with E-state index in [0.29, 0.717) is 16.7 Å². The molecule has 1 aromatic heterocycles. The van der Waals surface area contributed by atoms with Gasteiger partial charge < -0.3 is 0 Å². The molecule has 96 valence electrons. The van der Waals surface area contributed by atoms with Crippen LogP contribution in [0.5, 0.6) is 0 Å². The summed E-state index contributed by atoms with van der Waals surface area (Å²) in [5.74, 6) is -0.271. The molecule has 0 radical (unpaired) electrons. The van der Waals surface area contributed by atoms with Crippen LogP contribution in [0.1, 0.15) is 5.56 Å². The molecule has 0 bridgehead atoms. The van der Waals surface area contributed by atoms with Crippen molar-refractivity contribution >= 4 is 0 Å². The largest absolute Gasteiger partial charge is 0.240 e. The first-order valence-corrected chi connectivity index (χ1v) is 6.08. The van der Waals surface area contributed by atoms with Crippen LogP contribution in [0.15, 0.2) is 60.9 Å². The van der Waals surface area contributed by atoms with Crippen molar-refractivity contribution in [2.45, 2.75) is 0 Å². The first kappa shape index (κ1) is 12.1. The van der Waals surface area contributed by atoms with E-state index in [2.05, 4.69) is 11.2 Å². The molecule has 0 aliphatic heterocycles. The van der Waals surface area contributed by atoms with Crippen LogP contribution in [-0.2, 0) is 0 Å². The van der Waals surface area contributed by atoms with Crippen molar-refractivity contribution in [2.75, 3.05) is 0 Å². The molecule has 3 rings (SSSR count). The minimum absolute atomic E-state index is 0.271. The van der Waals surface area contributed by atoms with Gasteiger partial charge in [0.25, 0.3) is 0 Å². The molecule has 4 heteroatoms. The first-order valence-electron chi connectivity index (χ1n) is 6.08. The molecule has 1 heterocycles. The van der Waals surface area contributed by atoms with Gasteiger partial charge in [-0.2, -0.15) is 10.4 Å². The molecule has 0 fully saturated rings. The van der Waals surface area contributed by atoms with Gasteiger partial charge in [-0.05, 0) is 30.3 Å². The fraction of sp³-hybridized carbons (Fsp3) is 0. The van der Waals surface area contributed by atoms with Crippen LogP contribution < -0.4 is 0 Å². The second-order valence-electron chi connectivity index (χ2n) is 4.31. The molecule has 0 unspecified atom stereocenters. The Hall–Kier alpha value is -2.93. The van der Waals surface area contributed by atoms with E-state index < -0.39 is 0 Å². The Morgan fingerprint density at radius 3 is 2.50 bits per heavy atom. The van der Waals surface area contributed by atoms with Crippen LogP contribution >= 0.6 is 0 Å². The highest BCUT2D eigenvalue weighted by molar-refractivity contribution is 5.62. The van der Waals surface area contributed by atoms with Gasteiger partial charge in [-0.1, -0.05) is 18.2 Å². The van der Waals surface area contributed by atoms with Crippen molar-refractivity contribution in [3.05, 3.63) is 72.3 Å². The second-order valence-corrected chi connectivity index (χ2v) is 4.31. The lowest BCUT2D eigenvalue weighted by Crippen LogP contribution is -1.93. The predicted molar refractivity (Wildman–Crippen MR) is 73.7 cm³/mol. The van der Waals surface area contributed by atoms with Gasteiger partial charge in [-0.3, -0.25) is 0 Å². The van der Waals surface area contributed by atoms with Crippen molar-refractivity contribution in [3.63, 3.8) is 0 Å². The molecule has 0 aliphatic carbocycles. The summed E-state index contributed by atoms with van der Waals surface area (Å²) in [6.45, 7) is 0. The monoisotopic (exact) mass is 263 g/mol. The summed E-state index contributed by atoms with van der Waals surface area (Å²) in [4.78, 5) is 0. The smallest absolute Gasteiger partial charge is 0.131 e. The van der Waals surface area contributed by atoms with Gasteiger partial charge in [0.2, 0.25) is 0 Å². The minimum Gasteiger partial charge on any atom is -0.240 e. The van der Waals surface area contributed by atoms with E-state index >= 15 is 0 Å². The van der Waals surface area contributed by atoms with E-state index in [1.165, 1.54) is 6.07 Å². The maximum atomic E-state index is 13.7. The van der Waals surface area contributed by atoms with Crippen molar-refractivity contribution < 1.29 is 4.39 Å². The highest BCUT2D eigenvalue weighted by Gasteiger charge is 2.07. The summed E-state index contributed by atoms with van der Waals surface area (Å²) in [6.07, 6.45) is 3.39. The molecule has 0 saturated carbocycles. The van der Waals surface area contributed by atoms with E-state index in [4.69, 9.17) is 5.26 Å². The molecule has 0 atom stereocenters. The zero-order valence-electron chi connectivity index (χ0n) is 10.5. The molecule has 3 aromatic rings. The fourth-order valence-corrected chi connectivity index (χ4v) is 1.99. The Balaban J connectivity index is 1.98. The van der Waals surface area contributed by atoms with Crippen LogP contribution in [0.2, 0.25) is 0 Å². The summed E-state index contributed by atoms with van der Waals surface area (Å²) < 4.78 is 15.4. The quantitative estimate of drug-likeness (QED) is 0.709. The SMILES string of the molecule is N#Cc1ccc(-n2cc(-c3ccccc3F)cn2)cc1. The molecule has 20 heavy (non-hydrogen) atoms. The Morgan fingerprint density at radius 1 is 1.05 bits per heavy atom. The molecule has 0 N–H and O–H groups in total. The van der Waals surface area contributed by atoms with E-state index in [0.717, 1.165) is 5.69 Å². The number of halogens is 1. The molecule has 0 aliphatic rings. The molecule has 0 spiro atoms. The van der Waals surface area contributed by atoms with Crippen molar-refractivity contribution in [1.82, 2.24) is 9.78 Å². The van der Waals surface area contributed by atoms with Gasteiger partial charge in [-0.15, -0.1) is 0 Å². The van der Waals surface area contributed by atoms with E-state index in [1.54, 1.807) is 59.5 Å². The summed E-state index contributed by atoms with van der Waals surface area (Å²) in [5.41, 5.74) is 2.65. The third-order valence-electron chi connectivity index (χ3n) is 3.03. The Labute approximate surface area is 115 Å². The van der Waals surface area contributed by atoms with Gasteiger partial charge >= 0.3 is 0 Å². The summed E-state index contributed by atoms with van der Waals surface area (Å²) in [6, 6.07) is 15.7. The Kier molecular flexibility index (Phi) is 3.02. The topological polar surface area (TPSA) is 41.6 Å². The van der Waals surface area contributed by atoms with Crippen molar-refractivity contribution in [1.29, 1.82) is 5.26 Å². The average Bonchev–Trinajstić information content (AvgIpc) is 2.97. The van der Waals surface area contributed by atoms with Gasteiger partial charge in [0.1, 0.15) is 5.82 Å². The summed E-state index contributed by atoms with van der Waals surface area (Å²) >= 11 is 0. The average molecular weight is 263 g/mol. The van der Waals surface area contributed by atoms with E-state index in [-0.39, 0.29) is 5.82 Å². The number of nitrogens with zero attached hydrogens (tertiary/aromatic N) is 3. The fourth-order valence-electron chi connectivity index (χ4n) is 1.99. The molecule has 0 amide bonds. The second kappa shape index (κ2) is 4.98. The zero-order chi connectivity index (χ0) is 13.9. The van der Waals surface area contributed by atoms with Crippen LogP contribution in [0.25, 0.3) is 16.8 Å². The van der Waals surface area contributed by atoms with Crippen LogP contribution in [0.4, 0.5) is 4.39 Å². The van der Waals surface area contributed by atoms with Gasteiger partial charge in [0, 0.05) is 17.3 Å². The summed E-state index contributed by atoms with van der Waals surface area (Å²) in [7, 11) is 0.